The summed E-state index contributed by atoms with van der Waals surface area (Å²) in [5.74, 6) is -0.520. The van der Waals surface area contributed by atoms with Crippen molar-refractivity contribution in [1.29, 1.82) is 0 Å². The van der Waals surface area contributed by atoms with E-state index in [1.807, 2.05) is 30.3 Å². The number of para-hydroxylation sites is 2. The predicted octanol–water partition coefficient (Wildman–Crippen LogP) is 7.70. The molecule has 0 amide bonds. The van der Waals surface area contributed by atoms with Crippen LogP contribution >= 0.6 is 0 Å². The molecule has 1 aliphatic carbocycles. The molecule has 0 radical (unpaired) electrons. The zero-order valence-electron chi connectivity index (χ0n) is 17.3. The van der Waals surface area contributed by atoms with E-state index in [0.717, 1.165) is 16.8 Å². The summed E-state index contributed by atoms with van der Waals surface area (Å²) in [5.41, 5.74) is 1.05. The molecular weight excluding hydrogens is 475 g/mol. The number of alkyl halides is 3. The van der Waals surface area contributed by atoms with Crippen LogP contribution in [0.3, 0.4) is 0 Å². The monoisotopic (exact) mass is 491 g/mol. The number of hydrogen-bond donors (Lipinski definition) is 0. The van der Waals surface area contributed by atoms with Gasteiger partial charge < -0.3 is 7.43 Å². The van der Waals surface area contributed by atoms with Gasteiger partial charge in [-0.25, -0.2) is 14.4 Å². The maximum Gasteiger partial charge on any atom is 2.00 e. The Bertz CT molecular complexity index is 1390. The first-order chi connectivity index (χ1) is 14.9. The Hall–Kier alpha value is -3.31. The summed E-state index contributed by atoms with van der Waals surface area (Å²) in [6.45, 7) is 0. The summed E-state index contributed by atoms with van der Waals surface area (Å²) in [4.78, 5) is 8.91. The summed E-state index contributed by atoms with van der Waals surface area (Å²) < 4.78 is 55.0. The van der Waals surface area contributed by atoms with Crippen molar-refractivity contribution in [3.8, 4) is 0 Å². The summed E-state index contributed by atoms with van der Waals surface area (Å²) in [6.07, 6.45) is -4.55. The number of benzene rings is 4. The van der Waals surface area contributed by atoms with Crippen LogP contribution < -0.4 is 0 Å². The molecule has 0 heterocycles. The molecule has 0 atom stereocenters. The van der Waals surface area contributed by atoms with E-state index in [9.17, 15) is 17.6 Å². The third-order valence-corrected chi connectivity index (χ3v) is 5.17. The molecule has 1 aliphatic rings. The second kappa shape index (κ2) is 9.28. The Balaban J connectivity index is 0.00000153. The van der Waals surface area contributed by atoms with E-state index in [1.54, 1.807) is 18.2 Å². The van der Waals surface area contributed by atoms with Gasteiger partial charge in [-0.1, -0.05) is 60.7 Å². The maximum absolute atomic E-state index is 14.3. The van der Waals surface area contributed by atoms with E-state index in [-0.39, 0.29) is 41.0 Å². The Morgan fingerprint density at radius 1 is 0.606 bits per heavy atom. The Kier molecular flexibility index (Phi) is 6.84. The normalized spacial score (nSPS) is 14.9. The first kappa shape index (κ1) is 24.3. The molecule has 0 saturated carbocycles. The van der Waals surface area contributed by atoms with Gasteiger partial charge in [-0.15, -0.1) is 0 Å². The SMILES string of the molecule is Fc1ccccc1N=C1C(=Nc2ccccc2C(F)(F)F)c2cccc3cccc1c23.[CH3-].[Ni+2]. The molecule has 7 heteroatoms. The van der Waals surface area contributed by atoms with Crippen LogP contribution in [0.15, 0.2) is 94.9 Å². The Morgan fingerprint density at radius 2 is 1.12 bits per heavy atom. The number of nitrogens with zero attached hydrogens (tertiary/aromatic N) is 2. The largest absolute Gasteiger partial charge is 2.00 e. The third kappa shape index (κ3) is 4.33. The predicted molar refractivity (Wildman–Crippen MR) is 121 cm³/mol. The van der Waals surface area contributed by atoms with Gasteiger partial charge in [0.05, 0.1) is 28.4 Å². The molecular formula is C26H17F4N2Ni+. The molecule has 4 aromatic rings. The maximum atomic E-state index is 14.3. The molecule has 2 nitrogen and oxygen atoms in total. The van der Waals surface area contributed by atoms with Crippen LogP contribution in [0.1, 0.15) is 16.7 Å². The van der Waals surface area contributed by atoms with Crippen molar-refractivity contribution in [3.63, 3.8) is 0 Å². The van der Waals surface area contributed by atoms with Crippen molar-refractivity contribution < 1.29 is 34.1 Å². The molecule has 0 aliphatic heterocycles. The second-order valence-electron chi connectivity index (χ2n) is 7.10. The van der Waals surface area contributed by atoms with Gasteiger partial charge in [0.25, 0.3) is 0 Å². The molecule has 0 saturated heterocycles. The molecule has 4 aromatic carbocycles. The van der Waals surface area contributed by atoms with Gasteiger partial charge in [-0.2, -0.15) is 13.2 Å². The average Bonchev–Trinajstić information content (AvgIpc) is 3.04. The first-order valence-corrected chi connectivity index (χ1v) is 9.54. The number of halogens is 4. The van der Waals surface area contributed by atoms with E-state index < -0.39 is 17.6 Å². The molecule has 0 N–H and O–H groups in total. The number of aliphatic imine (C=N–C) groups is 2. The standard InChI is InChI=1S/C25H14F4N2.CH3.Ni/c26-19-12-2-4-14-21(19)31-24-17-10-6-8-15-7-5-9-16(22(15)17)23(24)30-20-13-3-1-11-18(20)25(27,28)29;;/h1-14H;1H3;/q;-1;+2. The van der Waals surface area contributed by atoms with Gasteiger partial charge in [0.15, 0.2) is 0 Å². The van der Waals surface area contributed by atoms with Crippen molar-refractivity contribution in [2.45, 2.75) is 6.18 Å². The molecule has 5 rings (SSSR count). The Morgan fingerprint density at radius 3 is 1.70 bits per heavy atom. The molecule has 0 bridgehead atoms. The van der Waals surface area contributed by atoms with E-state index in [0.29, 0.717) is 16.8 Å². The zero-order chi connectivity index (χ0) is 21.6. The van der Waals surface area contributed by atoms with E-state index >= 15 is 0 Å². The smallest absolute Gasteiger partial charge is 0.358 e. The number of rotatable bonds is 2. The van der Waals surface area contributed by atoms with Crippen LogP contribution in [0.2, 0.25) is 0 Å². The summed E-state index contributed by atoms with van der Waals surface area (Å²) in [7, 11) is 0. The second-order valence-corrected chi connectivity index (χ2v) is 7.10. The minimum absolute atomic E-state index is 0. The van der Waals surface area contributed by atoms with Crippen molar-refractivity contribution >= 4 is 33.6 Å². The molecule has 0 spiro atoms. The van der Waals surface area contributed by atoms with E-state index in [2.05, 4.69) is 9.98 Å². The summed E-state index contributed by atoms with van der Waals surface area (Å²) in [6, 6.07) is 22.3. The summed E-state index contributed by atoms with van der Waals surface area (Å²) >= 11 is 0. The first-order valence-electron chi connectivity index (χ1n) is 9.54. The van der Waals surface area contributed by atoms with Crippen LogP contribution in [0.5, 0.6) is 0 Å². The van der Waals surface area contributed by atoms with Gasteiger partial charge in [0.1, 0.15) is 5.82 Å². The fraction of sp³-hybridized carbons (Fsp3) is 0.0385. The Labute approximate surface area is 198 Å². The van der Waals surface area contributed by atoms with Crippen molar-refractivity contribution in [2.75, 3.05) is 0 Å². The zero-order valence-corrected chi connectivity index (χ0v) is 18.3. The van der Waals surface area contributed by atoms with Crippen molar-refractivity contribution in [1.82, 2.24) is 0 Å². The fourth-order valence-corrected chi connectivity index (χ4v) is 3.81. The van der Waals surface area contributed by atoms with E-state index in [4.69, 9.17) is 0 Å². The van der Waals surface area contributed by atoms with Gasteiger partial charge in [0, 0.05) is 16.5 Å². The quantitative estimate of drug-likeness (QED) is 0.156. The van der Waals surface area contributed by atoms with Gasteiger partial charge in [-0.3, -0.25) is 0 Å². The molecule has 33 heavy (non-hydrogen) atoms. The summed E-state index contributed by atoms with van der Waals surface area (Å²) in [5, 5.41) is 1.74. The van der Waals surface area contributed by atoms with Crippen LogP contribution in [0, 0.1) is 13.2 Å². The van der Waals surface area contributed by atoms with Crippen molar-refractivity contribution in [2.24, 2.45) is 9.98 Å². The van der Waals surface area contributed by atoms with Gasteiger partial charge in [-0.05, 0) is 29.7 Å². The van der Waals surface area contributed by atoms with Gasteiger partial charge in [0.2, 0.25) is 0 Å². The molecule has 0 fully saturated rings. The topological polar surface area (TPSA) is 24.7 Å². The minimum Gasteiger partial charge on any atom is -0.358 e. The van der Waals surface area contributed by atoms with Gasteiger partial charge >= 0.3 is 22.7 Å². The fourth-order valence-electron chi connectivity index (χ4n) is 3.81. The average molecular weight is 492 g/mol. The molecule has 168 valence electrons. The molecule has 0 aromatic heterocycles. The van der Waals surface area contributed by atoms with Crippen LogP contribution in [0.25, 0.3) is 10.8 Å². The van der Waals surface area contributed by atoms with Crippen LogP contribution in [-0.4, -0.2) is 11.4 Å². The molecule has 0 unspecified atom stereocenters. The van der Waals surface area contributed by atoms with Crippen LogP contribution in [-0.2, 0) is 22.7 Å². The third-order valence-electron chi connectivity index (χ3n) is 5.17. The van der Waals surface area contributed by atoms with E-state index in [1.165, 1.54) is 30.3 Å². The van der Waals surface area contributed by atoms with Crippen LogP contribution in [0.4, 0.5) is 28.9 Å². The minimum atomic E-state index is -4.55. The van der Waals surface area contributed by atoms with Crippen molar-refractivity contribution in [3.05, 3.63) is 115 Å². The number of hydrogen-bond acceptors (Lipinski definition) is 2.